The van der Waals surface area contributed by atoms with Crippen LogP contribution in [0.1, 0.15) is 26.2 Å². The van der Waals surface area contributed by atoms with E-state index in [-0.39, 0.29) is 12.0 Å². The van der Waals surface area contributed by atoms with Gasteiger partial charge < -0.3 is 10.0 Å². The summed E-state index contributed by atoms with van der Waals surface area (Å²) >= 11 is 0. The second-order valence-electron chi connectivity index (χ2n) is 6.22. The van der Waals surface area contributed by atoms with E-state index in [1.54, 1.807) is 4.90 Å². The van der Waals surface area contributed by atoms with E-state index < -0.39 is 16.1 Å². The standard InChI is InChI=1S/C14H27N3O4S/c1-3-12(18)11-15-7-9-16(10-8-15)14(19)13-5-4-6-17(13)22(2,20)21/h12-13,18H,3-11H2,1-2H3/t12-,13+/m0/s1. The maximum atomic E-state index is 12.6. The number of amides is 1. The Morgan fingerprint density at radius 2 is 1.86 bits per heavy atom. The molecule has 8 heteroatoms. The minimum atomic E-state index is -3.32. The van der Waals surface area contributed by atoms with Crippen LogP contribution in [0.15, 0.2) is 0 Å². The Morgan fingerprint density at radius 3 is 2.41 bits per heavy atom. The van der Waals surface area contributed by atoms with Gasteiger partial charge in [0.25, 0.3) is 0 Å². The molecule has 2 fully saturated rings. The number of hydrogen-bond acceptors (Lipinski definition) is 5. The number of aliphatic hydroxyl groups is 1. The SMILES string of the molecule is CC[C@H](O)CN1CCN(C(=O)[C@H]2CCCN2S(C)(=O)=O)CC1. The molecule has 0 aromatic carbocycles. The molecule has 0 unspecified atom stereocenters. The normalized spacial score (nSPS) is 26.3. The lowest BCUT2D eigenvalue weighted by atomic mass is 10.1. The molecule has 2 atom stereocenters. The highest BCUT2D eigenvalue weighted by molar-refractivity contribution is 7.88. The fraction of sp³-hybridized carbons (Fsp3) is 0.929. The summed E-state index contributed by atoms with van der Waals surface area (Å²) in [7, 11) is -3.32. The van der Waals surface area contributed by atoms with Gasteiger partial charge in [-0.3, -0.25) is 9.69 Å². The summed E-state index contributed by atoms with van der Waals surface area (Å²) < 4.78 is 24.8. The average Bonchev–Trinajstić information content (AvgIpc) is 2.96. The zero-order valence-electron chi connectivity index (χ0n) is 13.4. The van der Waals surface area contributed by atoms with E-state index in [1.165, 1.54) is 10.6 Å². The molecule has 2 saturated heterocycles. The van der Waals surface area contributed by atoms with Gasteiger partial charge in [-0.05, 0) is 19.3 Å². The number of β-amino-alcohol motifs (C(OH)–C–C–N with tert-alkyl or cyclic N) is 1. The van der Waals surface area contributed by atoms with Crippen molar-refractivity contribution >= 4 is 15.9 Å². The van der Waals surface area contributed by atoms with Crippen LogP contribution in [0.5, 0.6) is 0 Å². The number of carbonyl (C=O) groups is 1. The average molecular weight is 333 g/mol. The Balaban J connectivity index is 1.90. The number of rotatable bonds is 5. The fourth-order valence-electron chi connectivity index (χ4n) is 3.17. The summed E-state index contributed by atoms with van der Waals surface area (Å²) in [4.78, 5) is 16.5. The van der Waals surface area contributed by atoms with E-state index >= 15 is 0 Å². The molecule has 128 valence electrons. The molecule has 1 N–H and O–H groups in total. The molecule has 2 rings (SSSR count). The molecule has 0 bridgehead atoms. The van der Waals surface area contributed by atoms with E-state index in [0.29, 0.717) is 32.6 Å². The minimum Gasteiger partial charge on any atom is -0.392 e. The number of aliphatic hydroxyl groups excluding tert-OH is 1. The van der Waals surface area contributed by atoms with Crippen LogP contribution in [0, 0.1) is 0 Å². The van der Waals surface area contributed by atoms with Crippen LogP contribution in [0.3, 0.4) is 0 Å². The van der Waals surface area contributed by atoms with Crippen LogP contribution in [0.25, 0.3) is 0 Å². The number of piperazine rings is 1. The predicted molar refractivity (Wildman–Crippen MR) is 83.9 cm³/mol. The van der Waals surface area contributed by atoms with Gasteiger partial charge in [-0.2, -0.15) is 4.31 Å². The van der Waals surface area contributed by atoms with Crippen molar-refractivity contribution in [3.8, 4) is 0 Å². The molecule has 1 amide bonds. The van der Waals surface area contributed by atoms with Gasteiger partial charge in [0.1, 0.15) is 6.04 Å². The van der Waals surface area contributed by atoms with Crippen LogP contribution in [0.2, 0.25) is 0 Å². The van der Waals surface area contributed by atoms with Crippen molar-refractivity contribution in [2.24, 2.45) is 0 Å². The van der Waals surface area contributed by atoms with Gasteiger partial charge in [0, 0.05) is 39.3 Å². The molecule has 0 spiro atoms. The molecule has 0 aromatic heterocycles. The van der Waals surface area contributed by atoms with E-state index in [9.17, 15) is 18.3 Å². The molecule has 0 aromatic rings. The van der Waals surface area contributed by atoms with Crippen LogP contribution >= 0.6 is 0 Å². The molecule has 7 nitrogen and oxygen atoms in total. The molecule has 2 aliphatic heterocycles. The Kier molecular flexibility index (Phi) is 5.81. The van der Waals surface area contributed by atoms with Gasteiger partial charge in [-0.1, -0.05) is 6.92 Å². The van der Waals surface area contributed by atoms with Crippen molar-refractivity contribution < 1.29 is 18.3 Å². The van der Waals surface area contributed by atoms with Gasteiger partial charge in [-0.25, -0.2) is 8.42 Å². The van der Waals surface area contributed by atoms with E-state index in [0.717, 1.165) is 25.9 Å². The Labute approximate surface area is 132 Å². The van der Waals surface area contributed by atoms with Crippen molar-refractivity contribution in [2.45, 2.75) is 38.3 Å². The van der Waals surface area contributed by atoms with Crippen molar-refractivity contribution in [2.75, 3.05) is 45.5 Å². The smallest absolute Gasteiger partial charge is 0.241 e. The Bertz CT molecular complexity index is 488. The maximum Gasteiger partial charge on any atom is 0.241 e. The summed E-state index contributed by atoms with van der Waals surface area (Å²) in [5.41, 5.74) is 0. The van der Waals surface area contributed by atoms with Crippen molar-refractivity contribution in [1.82, 2.24) is 14.1 Å². The summed E-state index contributed by atoms with van der Waals surface area (Å²) in [6.45, 7) is 5.69. The largest absolute Gasteiger partial charge is 0.392 e. The third-order valence-electron chi connectivity index (χ3n) is 4.54. The van der Waals surface area contributed by atoms with Gasteiger partial charge in [0.15, 0.2) is 0 Å². The topological polar surface area (TPSA) is 81.2 Å². The first-order chi connectivity index (χ1) is 10.3. The lowest BCUT2D eigenvalue weighted by Gasteiger charge is -2.37. The first kappa shape index (κ1) is 17.7. The second-order valence-corrected chi connectivity index (χ2v) is 8.15. The highest BCUT2D eigenvalue weighted by atomic mass is 32.2. The molecule has 0 saturated carbocycles. The molecule has 0 aliphatic carbocycles. The first-order valence-electron chi connectivity index (χ1n) is 7.99. The predicted octanol–water partition coefficient (Wildman–Crippen LogP) is -0.674. The highest BCUT2D eigenvalue weighted by Crippen LogP contribution is 2.22. The number of nitrogens with zero attached hydrogens (tertiary/aromatic N) is 3. The number of carbonyl (C=O) groups excluding carboxylic acids is 1. The molecular weight excluding hydrogens is 306 g/mol. The molecule has 22 heavy (non-hydrogen) atoms. The molecule has 2 heterocycles. The summed E-state index contributed by atoms with van der Waals surface area (Å²) in [6, 6.07) is -0.525. The second kappa shape index (κ2) is 7.25. The van der Waals surface area contributed by atoms with Gasteiger partial charge >= 0.3 is 0 Å². The van der Waals surface area contributed by atoms with Gasteiger partial charge in [0.05, 0.1) is 12.4 Å². The van der Waals surface area contributed by atoms with Crippen LogP contribution in [-0.4, -0.2) is 91.2 Å². The lowest BCUT2D eigenvalue weighted by molar-refractivity contribution is -0.136. The third-order valence-corrected chi connectivity index (χ3v) is 5.83. The van der Waals surface area contributed by atoms with Crippen molar-refractivity contribution in [3.05, 3.63) is 0 Å². The highest BCUT2D eigenvalue weighted by Gasteiger charge is 2.39. The van der Waals surface area contributed by atoms with Crippen molar-refractivity contribution in [3.63, 3.8) is 0 Å². The molecule has 0 radical (unpaired) electrons. The first-order valence-corrected chi connectivity index (χ1v) is 9.83. The number of hydrogen-bond donors (Lipinski definition) is 1. The Hall–Kier alpha value is -0.700. The van der Waals surface area contributed by atoms with E-state index in [4.69, 9.17) is 0 Å². The fourth-order valence-corrected chi connectivity index (χ4v) is 4.29. The Morgan fingerprint density at radius 1 is 1.23 bits per heavy atom. The van der Waals surface area contributed by atoms with Crippen LogP contribution in [0.4, 0.5) is 0 Å². The molecule has 2 aliphatic rings. The van der Waals surface area contributed by atoms with E-state index in [1.807, 2.05) is 6.92 Å². The zero-order valence-corrected chi connectivity index (χ0v) is 14.3. The van der Waals surface area contributed by atoms with E-state index in [2.05, 4.69) is 4.90 Å². The summed E-state index contributed by atoms with van der Waals surface area (Å²) in [6.07, 6.45) is 2.93. The molecular formula is C14H27N3O4S. The summed E-state index contributed by atoms with van der Waals surface area (Å²) in [5, 5.41) is 9.69. The maximum absolute atomic E-state index is 12.6. The van der Waals surface area contributed by atoms with Gasteiger partial charge in [0.2, 0.25) is 15.9 Å². The zero-order chi connectivity index (χ0) is 16.3. The van der Waals surface area contributed by atoms with Crippen molar-refractivity contribution in [1.29, 1.82) is 0 Å². The summed E-state index contributed by atoms with van der Waals surface area (Å²) in [5.74, 6) is -0.0707. The minimum absolute atomic E-state index is 0.0707. The number of sulfonamides is 1. The lowest BCUT2D eigenvalue weighted by Crippen LogP contribution is -2.55. The monoisotopic (exact) mass is 333 g/mol. The van der Waals surface area contributed by atoms with Crippen LogP contribution < -0.4 is 0 Å². The quantitative estimate of drug-likeness (QED) is 0.721. The third kappa shape index (κ3) is 4.18. The van der Waals surface area contributed by atoms with Crippen LogP contribution in [-0.2, 0) is 14.8 Å². The van der Waals surface area contributed by atoms with Gasteiger partial charge in [-0.15, -0.1) is 0 Å².